The highest BCUT2D eigenvalue weighted by molar-refractivity contribution is 5.83. The number of carbonyl (C=O) groups excluding carboxylic acids is 1. The van der Waals surface area contributed by atoms with Crippen LogP contribution in [0.25, 0.3) is 0 Å². The third-order valence-corrected chi connectivity index (χ3v) is 3.68. The molecule has 0 saturated heterocycles. The van der Waals surface area contributed by atoms with Crippen LogP contribution in [0.4, 0.5) is 0 Å². The zero-order valence-electron chi connectivity index (χ0n) is 8.88. The van der Waals surface area contributed by atoms with Crippen molar-refractivity contribution in [2.75, 3.05) is 0 Å². The number of carboxylic acid groups (broad SMARTS) is 1. The van der Waals surface area contributed by atoms with Gasteiger partial charge in [0.1, 0.15) is 5.78 Å². The topological polar surface area (TPSA) is 54.4 Å². The van der Waals surface area contributed by atoms with Crippen molar-refractivity contribution in [2.24, 2.45) is 11.3 Å². The van der Waals surface area contributed by atoms with Crippen molar-refractivity contribution in [3.8, 4) is 0 Å². The van der Waals surface area contributed by atoms with Crippen LogP contribution in [0, 0.1) is 11.3 Å². The second kappa shape index (κ2) is 4.11. The van der Waals surface area contributed by atoms with Gasteiger partial charge >= 0.3 is 5.97 Å². The van der Waals surface area contributed by atoms with Crippen molar-refractivity contribution in [1.82, 2.24) is 0 Å². The van der Waals surface area contributed by atoms with Gasteiger partial charge in [0.25, 0.3) is 0 Å². The lowest BCUT2D eigenvalue weighted by atomic mass is 9.65. The fourth-order valence-corrected chi connectivity index (χ4v) is 2.28. The van der Waals surface area contributed by atoms with Gasteiger partial charge in [0, 0.05) is 12.8 Å². The van der Waals surface area contributed by atoms with E-state index in [0.29, 0.717) is 25.7 Å². The van der Waals surface area contributed by atoms with Crippen LogP contribution in [0.3, 0.4) is 0 Å². The van der Waals surface area contributed by atoms with E-state index in [2.05, 4.69) is 0 Å². The van der Waals surface area contributed by atoms with Gasteiger partial charge in [0.2, 0.25) is 0 Å². The van der Waals surface area contributed by atoms with Gasteiger partial charge in [-0.25, -0.2) is 0 Å². The van der Waals surface area contributed by atoms with Gasteiger partial charge < -0.3 is 5.11 Å². The summed E-state index contributed by atoms with van der Waals surface area (Å²) < 4.78 is 0. The molecule has 1 saturated carbocycles. The smallest absolute Gasteiger partial charge is 0.309 e. The van der Waals surface area contributed by atoms with Crippen molar-refractivity contribution in [1.29, 1.82) is 0 Å². The third-order valence-electron chi connectivity index (χ3n) is 3.68. The Kier molecular flexibility index (Phi) is 3.29. The first kappa shape index (κ1) is 11.2. The number of ketones is 1. The van der Waals surface area contributed by atoms with E-state index in [1.165, 1.54) is 0 Å². The second-order valence-electron chi connectivity index (χ2n) is 4.31. The summed E-state index contributed by atoms with van der Waals surface area (Å²) in [6.45, 7) is 3.98. The largest absolute Gasteiger partial charge is 0.481 e. The first-order valence-electron chi connectivity index (χ1n) is 5.28. The lowest BCUT2D eigenvalue weighted by molar-refractivity contribution is -0.156. The molecule has 0 spiro atoms. The molecule has 0 aliphatic heterocycles. The minimum atomic E-state index is -0.723. The van der Waals surface area contributed by atoms with Crippen LogP contribution in [0.1, 0.15) is 46.0 Å². The number of carbonyl (C=O) groups is 2. The fourth-order valence-electron chi connectivity index (χ4n) is 2.28. The Labute approximate surface area is 84.5 Å². The van der Waals surface area contributed by atoms with Gasteiger partial charge in [-0.15, -0.1) is 0 Å². The molecule has 3 heteroatoms. The van der Waals surface area contributed by atoms with Crippen LogP contribution in [0.2, 0.25) is 0 Å². The van der Waals surface area contributed by atoms with Gasteiger partial charge in [-0.05, 0) is 18.8 Å². The Hall–Kier alpha value is -0.860. The molecule has 0 amide bonds. The van der Waals surface area contributed by atoms with Crippen LogP contribution >= 0.6 is 0 Å². The highest BCUT2D eigenvalue weighted by Gasteiger charge is 2.45. The number of aliphatic carboxylic acids is 1. The van der Waals surface area contributed by atoms with E-state index >= 15 is 0 Å². The Morgan fingerprint density at radius 3 is 2.36 bits per heavy atom. The average Bonchev–Trinajstić information content (AvgIpc) is 2.18. The van der Waals surface area contributed by atoms with Gasteiger partial charge in [-0.1, -0.05) is 20.3 Å². The van der Waals surface area contributed by atoms with Crippen molar-refractivity contribution in [2.45, 2.75) is 46.0 Å². The molecule has 80 valence electrons. The number of rotatable bonds is 3. The predicted octanol–water partition coefficient (Wildman–Crippen LogP) is 2.25. The molecule has 14 heavy (non-hydrogen) atoms. The molecular formula is C11H18O3. The van der Waals surface area contributed by atoms with Crippen LogP contribution in [0.5, 0.6) is 0 Å². The number of hydrogen-bond acceptors (Lipinski definition) is 2. The first-order valence-corrected chi connectivity index (χ1v) is 5.28. The zero-order valence-corrected chi connectivity index (χ0v) is 8.88. The highest BCUT2D eigenvalue weighted by atomic mass is 16.4. The normalized spacial score (nSPS) is 23.1. The Morgan fingerprint density at radius 1 is 1.50 bits per heavy atom. The van der Waals surface area contributed by atoms with Crippen molar-refractivity contribution >= 4 is 11.8 Å². The molecular weight excluding hydrogens is 180 g/mol. The third kappa shape index (κ3) is 1.81. The fraction of sp³-hybridized carbons (Fsp3) is 0.818. The molecule has 1 aliphatic rings. The molecule has 1 rings (SSSR count). The Bertz CT molecular complexity index is 235. The molecule has 0 aromatic carbocycles. The molecule has 1 N–H and O–H groups in total. The maximum Gasteiger partial charge on any atom is 0.309 e. The van der Waals surface area contributed by atoms with Crippen molar-refractivity contribution < 1.29 is 14.7 Å². The molecule has 3 nitrogen and oxygen atoms in total. The van der Waals surface area contributed by atoms with Crippen LogP contribution in [0.15, 0.2) is 0 Å². The van der Waals surface area contributed by atoms with E-state index < -0.39 is 11.4 Å². The summed E-state index contributed by atoms with van der Waals surface area (Å²) >= 11 is 0. The maximum atomic E-state index is 11.3. The molecule has 0 bridgehead atoms. The summed E-state index contributed by atoms with van der Waals surface area (Å²) in [4.78, 5) is 22.4. The predicted molar refractivity (Wildman–Crippen MR) is 53.0 cm³/mol. The lowest BCUT2D eigenvalue weighted by Gasteiger charge is -2.37. The summed E-state index contributed by atoms with van der Waals surface area (Å²) in [6, 6.07) is 0. The van der Waals surface area contributed by atoms with E-state index in [1.807, 2.05) is 13.8 Å². The number of hydrogen-bond donors (Lipinski definition) is 1. The number of Topliss-reactive ketones (excluding diaryl/α,β-unsaturated/α-hetero) is 1. The summed E-state index contributed by atoms with van der Waals surface area (Å²) in [5, 5.41) is 9.27. The molecule has 1 aliphatic carbocycles. The summed E-state index contributed by atoms with van der Waals surface area (Å²) in [6.07, 6.45) is 2.79. The average molecular weight is 198 g/mol. The molecule has 1 atom stereocenters. The van der Waals surface area contributed by atoms with E-state index in [-0.39, 0.29) is 11.7 Å². The number of carboxylic acids is 1. The van der Waals surface area contributed by atoms with E-state index in [4.69, 9.17) is 0 Å². The van der Waals surface area contributed by atoms with Crippen LogP contribution in [-0.4, -0.2) is 16.9 Å². The van der Waals surface area contributed by atoms with Gasteiger partial charge in [0.15, 0.2) is 0 Å². The Balaban J connectivity index is 2.83. The van der Waals surface area contributed by atoms with Gasteiger partial charge in [-0.2, -0.15) is 0 Å². The van der Waals surface area contributed by atoms with Crippen molar-refractivity contribution in [3.05, 3.63) is 0 Å². The van der Waals surface area contributed by atoms with Crippen LogP contribution in [-0.2, 0) is 9.59 Å². The summed E-state index contributed by atoms with van der Waals surface area (Å²) in [5.74, 6) is -0.349. The molecule has 0 aromatic rings. The van der Waals surface area contributed by atoms with E-state index in [0.717, 1.165) is 6.42 Å². The molecule has 1 fully saturated rings. The summed E-state index contributed by atoms with van der Waals surface area (Å²) in [5.41, 5.74) is -0.636. The Morgan fingerprint density at radius 2 is 2.00 bits per heavy atom. The second-order valence-corrected chi connectivity index (χ2v) is 4.31. The SMILES string of the molecule is CCC(C)C1(C(=O)O)CCC(=O)CC1. The maximum absolute atomic E-state index is 11.3. The molecule has 0 heterocycles. The standard InChI is InChI=1S/C11H18O3/c1-3-8(2)11(10(13)14)6-4-9(12)5-7-11/h8H,3-7H2,1-2H3,(H,13,14). The zero-order chi connectivity index (χ0) is 10.8. The van der Waals surface area contributed by atoms with E-state index in [9.17, 15) is 14.7 Å². The highest BCUT2D eigenvalue weighted by Crippen LogP contribution is 2.43. The summed E-state index contributed by atoms with van der Waals surface area (Å²) in [7, 11) is 0. The van der Waals surface area contributed by atoms with Crippen molar-refractivity contribution in [3.63, 3.8) is 0 Å². The monoisotopic (exact) mass is 198 g/mol. The van der Waals surface area contributed by atoms with Gasteiger partial charge in [0.05, 0.1) is 5.41 Å². The molecule has 0 aromatic heterocycles. The minimum absolute atomic E-state index is 0.160. The molecule has 1 unspecified atom stereocenters. The minimum Gasteiger partial charge on any atom is -0.481 e. The van der Waals surface area contributed by atoms with Gasteiger partial charge in [-0.3, -0.25) is 9.59 Å². The lowest BCUT2D eigenvalue weighted by Crippen LogP contribution is -2.40. The van der Waals surface area contributed by atoms with E-state index in [1.54, 1.807) is 0 Å². The van der Waals surface area contributed by atoms with Crippen LogP contribution < -0.4 is 0 Å². The molecule has 0 radical (unpaired) electrons. The quantitative estimate of drug-likeness (QED) is 0.756. The first-order chi connectivity index (χ1) is 6.53.